The molecule has 0 saturated carbocycles. The van der Waals surface area contributed by atoms with Crippen molar-refractivity contribution in [1.29, 1.82) is 5.26 Å². The number of hydrogen-bond acceptors (Lipinski definition) is 3. The smallest absolute Gasteiger partial charge is 0.191 e. The maximum Gasteiger partial charge on any atom is 0.191 e. The van der Waals surface area contributed by atoms with Crippen LogP contribution < -0.4 is 0 Å². The minimum atomic E-state index is 0.334. The van der Waals surface area contributed by atoms with E-state index in [0.717, 1.165) is 22.5 Å². The highest BCUT2D eigenvalue weighted by Gasteiger charge is 2.16. The van der Waals surface area contributed by atoms with Crippen molar-refractivity contribution in [1.82, 2.24) is 15.0 Å². The predicted octanol–water partition coefficient (Wildman–Crippen LogP) is 3.42. The van der Waals surface area contributed by atoms with Gasteiger partial charge in [-0.05, 0) is 31.5 Å². The van der Waals surface area contributed by atoms with Gasteiger partial charge in [0.15, 0.2) is 5.69 Å². The molecule has 0 amide bonds. The third-order valence-electron chi connectivity index (χ3n) is 3.35. The molecule has 0 N–H and O–H groups in total. The van der Waals surface area contributed by atoms with Gasteiger partial charge in [0, 0.05) is 5.56 Å². The van der Waals surface area contributed by atoms with Crippen LogP contribution in [0.3, 0.4) is 0 Å². The molecule has 0 aliphatic heterocycles. The van der Waals surface area contributed by atoms with E-state index >= 15 is 0 Å². The zero-order valence-corrected chi connectivity index (χ0v) is 11.9. The molecule has 102 valence electrons. The molecule has 0 radical (unpaired) electrons. The van der Waals surface area contributed by atoms with Crippen molar-refractivity contribution < 1.29 is 0 Å². The third kappa shape index (κ3) is 2.41. The molecule has 4 heteroatoms. The summed E-state index contributed by atoms with van der Waals surface area (Å²) in [5, 5.41) is 17.4. The lowest BCUT2D eigenvalue weighted by molar-refractivity contribution is 0.806. The van der Waals surface area contributed by atoms with Crippen molar-refractivity contribution in [2.75, 3.05) is 0 Å². The van der Waals surface area contributed by atoms with Crippen LogP contribution in [0.25, 0.3) is 16.9 Å². The first-order chi connectivity index (χ1) is 10.2. The van der Waals surface area contributed by atoms with Gasteiger partial charge in [0.1, 0.15) is 11.8 Å². The fourth-order valence-corrected chi connectivity index (χ4v) is 2.27. The molecular weight excluding hydrogens is 260 g/mol. The molecule has 3 rings (SSSR count). The lowest BCUT2D eigenvalue weighted by Crippen LogP contribution is -2.00. The zero-order chi connectivity index (χ0) is 14.8. The largest absolute Gasteiger partial charge is 0.211 e. The number of nitriles is 1. The number of hydrogen-bond donors (Lipinski definition) is 0. The Morgan fingerprint density at radius 1 is 1.00 bits per heavy atom. The zero-order valence-electron chi connectivity index (χ0n) is 11.9. The van der Waals surface area contributed by atoms with Crippen molar-refractivity contribution in [3.63, 3.8) is 0 Å². The summed E-state index contributed by atoms with van der Waals surface area (Å²) in [7, 11) is 0. The molecule has 0 bridgehead atoms. The van der Waals surface area contributed by atoms with Gasteiger partial charge in [0.2, 0.25) is 0 Å². The Labute approximate surface area is 123 Å². The van der Waals surface area contributed by atoms with E-state index in [9.17, 15) is 5.26 Å². The van der Waals surface area contributed by atoms with Crippen LogP contribution in [-0.2, 0) is 0 Å². The van der Waals surface area contributed by atoms with Gasteiger partial charge in [-0.15, -0.1) is 5.10 Å². The van der Waals surface area contributed by atoms with Crippen LogP contribution in [-0.4, -0.2) is 15.0 Å². The first-order valence-electron chi connectivity index (χ1n) is 6.69. The number of aromatic nitrogens is 3. The minimum Gasteiger partial charge on any atom is -0.211 e. The summed E-state index contributed by atoms with van der Waals surface area (Å²) in [5.74, 6) is 0. The molecule has 21 heavy (non-hydrogen) atoms. The Morgan fingerprint density at radius 2 is 1.76 bits per heavy atom. The number of aryl methyl sites for hydroxylation is 2. The number of nitrogens with zero attached hydrogens (tertiary/aromatic N) is 4. The molecule has 0 atom stereocenters. The Hall–Kier alpha value is -2.93. The first-order valence-corrected chi connectivity index (χ1v) is 6.69. The van der Waals surface area contributed by atoms with Crippen molar-refractivity contribution in [2.45, 2.75) is 13.8 Å². The molecule has 2 aromatic carbocycles. The van der Waals surface area contributed by atoms with E-state index in [-0.39, 0.29) is 0 Å². The van der Waals surface area contributed by atoms with E-state index in [1.165, 1.54) is 5.56 Å². The second-order valence-electron chi connectivity index (χ2n) is 5.02. The van der Waals surface area contributed by atoms with Gasteiger partial charge in [-0.3, -0.25) is 0 Å². The fourth-order valence-electron chi connectivity index (χ4n) is 2.27. The van der Waals surface area contributed by atoms with E-state index in [1.807, 2.05) is 62.4 Å². The lowest BCUT2D eigenvalue weighted by Gasteiger charge is -2.07. The fraction of sp³-hybridized carbons (Fsp3) is 0.118. The van der Waals surface area contributed by atoms with Crippen LogP contribution in [0.4, 0.5) is 0 Å². The Morgan fingerprint density at radius 3 is 2.43 bits per heavy atom. The minimum absolute atomic E-state index is 0.334. The van der Waals surface area contributed by atoms with Crippen molar-refractivity contribution in [2.24, 2.45) is 0 Å². The van der Waals surface area contributed by atoms with Crippen LogP contribution in [0.5, 0.6) is 0 Å². The van der Waals surface area contributed by atoms with Gasteiger partial charge in [-0.25, -0.2) is 4.68 Å². The van der Waals surface area contributed by atoms with E-state index in [0.29, 0.717) is 5.69 Å². The van der Waals surface area contributed by atoms with Gasteiger partial charge in [-0.1, -0.05) is 47.2 Å². The SMILES string of the molecule is Cc1ccc(-c2c(C#N)nnn2-c2cccc(C)c2)cc1. The highest BCUT2D eigenvalue weighted by atomic mass is 15.4. The second kappa shape index (κ2) is 5.22. The van der Waals surface area contributed by atoms with Crippen LogP contribution in [0.15, 0.2) is 48.5 Å². The molecule has 0 spiro atoms. The lowest BCUT2D eigenvalue weighted by atomic mass is 10.1. The number of benzene rings is 2. The maximum absolute atomic E-state index is 9.28. The predicted molar refractivity (Wildman–Crippen MR) is 81.0 cm³/mol. The molecule has 1 heterocycles. The molecule has 0 aliphatic carbocycles. The van der Waals surface area contributed by atoms with Gasteiger partial charge in [-0.2, -0.15) is 5.26 Å². The first kappa shape index (κ1) is 13.1. The normalized spacial score (nSPS) is 10.3. The summed E-state index contributed by atoms with van der Waals surface area (Å²) >= 11 is 0. The van der Waals surface area contributed by atoms with Gasteiger partial charge >= 0.3 is 0 Å². The topological polar surface area (TPSA) is 54.5 Å². The summed E-state index contributed by atoms with van der Waals surface area (Å²) < 4.78 is 1.72. The summed E-state index contributed by atoms with van der Waals surface area (Å²) in [5.41, 5.74) is 5.20. The highest BCUT2D eigenvalue weighted by Crippen LogP contribution is 2.25. The maximum atomic E-state index is 9.28. The molecule has 0 fully saturated rings. The molecule has 4 nitrogen and oxygen atoms in total. The standard InChI is InChI=1S/C17H14N4/c1-12-6-8-14(9-7-12)17-16(11-18)19-20-21(17)15-5-3-4-13(2)10-15/h3-10H,1-2H3. The van der Waals surface area contributed by atoms with Crippen LogP contribution in [0.1, 0.15) is 16.8 Å². The van der Waals surface area contributed by atoms with Crippen LogP contribution in [0.2, 0.25) is 0 Å². The van der Waals surface area contributed by atoms with Crippen molar-refractivity contribution in [3.05, 3.63) is 65.4 Å². The Kier molecular flexibility index (Phi) is 3.25. The molecule has 0 saturated heterocycles. The van der Waals surface area contributed by atoms with Gasteiger partial charge in [0.05, 0.1) is 5.69 Å². The quantitative estimate of drug-likeness (QED) is 0.719. The van der Waals surface area contributed by atoms with Gasteiger partial charge < -0.3 is 0 Å². The monoisotopic (exact) mass is 274 g/mol. The average Bonchev–Trinajstić information content (AvgIpc) is 2.92. The van der Waals surface area contributed by atoms with Crippen LogP contribution >= 0.6 is 0 Å². The summed E-state index contributed by atoms with van der Waals surface area (Å²) in [6, 6.07) is 18.1. The molecule has 1 aromatic heterocycles. The number of rotatable bonds is 2. The van der Waals surface area contributed by atoms with Crippen molar-refractivity contribution >= 4 is 0 Å². The Balaban J connectivity index is 2.22. The van der Waals surface area contributed by atoms with Crippen LogP contribution in [0, 0.1) is 25.2 Å². The second-order valence-corrected chi connectivity index (χ2v) is 5.02. The molecule has 0 unspecified atom stereocenters. The molecule has 0 aliphatic rings. The summed E-state index contributed by atoms with van der Waals surface area (Å²) in [6.07, 6.45) is 0. The Bertz CT molecular complexity index is 823. The van der Waals surface area contributed by atoms with Gasteiger partial charge in [0.25, 0.3) is 0 Å². The van der Waals surface area contributed by atoms with E-state index in [2.05, 4.69) is 16.4 Å². The van der Waals surface area contributed by atoms with Crippen molar-refractivity contribution in [3.8, 4) is 23.0 Å². The third-order valence-corrected chi connectivity index (χ3v) is 3.35. The molecule has 3 aromatic rings. The molecular formula is C17H14N4. The summed E-state index contributed by atoms with van der Waals surface area (Å²) in [4.78, 5) is 0. The highest BCUT2D eigenvalue weighted by molar-refractivity contribution is 5.67. The van der Waals surface area contributed by atoms with E-state index < -0.39 is 0 Å². The van der Waals surface area contributed by atoms with E-state index in [1.54, 1.807) is 4.68 Å². The average molecular weight is 274 g/mol. The van der Waals surface area contributed by atoms with E-state index in [4.69, 9.17) is 0 Å². The summed E-state index contributed by atoms with van der Waals surface area (Å²) in [6.45, 7) is 4.06.